The molecule has 0 amide bonds. The van der Waals surface area contributed by atoms with Gasteiger partial charge in [-0.1, -0.05) is 5.18 Å². The summed E-state index contributed by atoms with van der Waals surface area (Å²) < 4.78 is 10.0. The number of rotatable bonds is 5. The molecule has 0 saturated heterocycles. The maximum absolute atomic E-state index is 9.61. The molecule has 0 aromatic heterocycles. The maximum atomic E-state index is 9.61. The van der Waals surface area contributed by atoms with E-state index in [0.29, 0.717) is 6.61 Å². The van der Waals surface area contributed by atoms with Crippen molar-refractivity contribution < 1.29 is 9.47 Å². The zero-order valence-corrected chi connectivity index (χ0v) is 6.59. The second-order valence-electron chi connectivity index (χ2n) is 2.31. The Kier molecular flexibility index (Phi) is 4.14. The van der Waals surface area contributed by atoms with Gasteiger partial charge in [0.15, 0.2) is 5.79 Å². The zero-order valence-electron chi connectivity index (χ0n) is 6.59. The van der Waals surface area contributed by atoms with Gasteiger partial charge in [-0.05, 0) is 13.8 Å². The summed E-state index contributed by atoms with van der Waals surface area (Å²) >= 11 is 0. The standard InChI is InChI=1S/C6H13NO3/c1-6(2,9-3)10-5-4-7-8/h4-5H2,1-3H3. The van der Waals surface area contributed by atoms with Gasteiger partial charge in [-0.25, -0.2) is 0 Å². The molecule has 0 bridgehead atoms. The molecule has 0 fully saturated rings. The summed E-state index contributed by atoms with van der Waals surface area (Å²) in [5.41, 5.74) is 0. The molecule has 0 aromatic carbocycles. The predicted molar refractivity (Wildman–Crippen MR) is 37.7 cm³/mol. The van der Waals surface area contributed by atoms with E-state index in [1.807, 2.05) is 0 Å². The van der Waals surface area contributed by atoms with E-state index < -0.39 is 5.79 Å². The van der Waals surface area contributed by atoms with Gasteiger partial charge in [-0.2, -0.15) is 4.91 Å². The molecule has 10 heavy (non-hydrogen) atoms. The lowest BCUT2D eigenvalue weighted by atomic mass is 10.4. The molecule has 0 aliphatic rings. The zero-order chi connectivity index (χ0) is 8.04. The van der Waals surface area contributed by atoms with Crippen LogP contribution in [0, 0.1) is 4.91 Å². The second-order valence-corrected chi connectivity index (χ2v) is 2.31. The van der Waals surface area contributed by atoms with E-state index in [2.05, 4.69) is 5.18 Å². The third kappa shape index (κ3) is 4.40. The van der Waals surface area contributed by atoms with E-state index in [9.17, 15) is 4.91 Å². The van der Waals surface area contributed by atoms with Crippen LogP contribution in [0.1, 0.15) is 13.8 Å². The predicted octanol–water partition coefficient (Wildman–Crippen LogP) is 1.15. The van der Waals surface area contributed by atoms with E-state index >= 15 is 0 Å². The molecule has 0 radical (unpaired) electrons. The highest BCUT2D eigenvalue weighted by Gasteiger charge is 2.15. The molecule has 60 valence electrons. The highest BCUT2D eigenvalue weighted by Crippen LogP contribution is 2.07. The molecule has 0 heterocycles. The number of nitroso groups, excluding NO2 is 1. The molecular formula is C6H13NO3. The van der Waals surface area contributed by atoms with Crippen LogP contribution in [-0.4, -0.2) is 26.0 Å². The lowest BCUT2D eigenvalue weighted by molar-refractivity contribution is -0.195. The van der Waals surface area contributed by atoms with Crippen molar-refractivity contribution in [1.29, 1.82) is 0 Å². The van der Waals surface area contributed by atoms with Gasteiger partial charge in [-0.3, -0.25) is 0 Å². The van der Waals surface area contributed by atoms with Gasteiger partial charge in [-0.15, -0.1) is 0 Å². The van der Waals surface area contributed by atoms with Crippen molar-refractivity contribution in [2.75, 3.05) is 20.3 Å². The van der Waals surface area contributed by atoms with E-state index in [4.69, 9.17) is 9.47 Å². The summed E-state index contributed by atoms with van der Waals surface area (Å²) in [6, 6.07) is 0. The van der Waals surface area contributed by atoms with Gasteiger partial charge >= 0.3 is 0 Å². The Morgan fingerprint density at radius 2 is 2.10 bits per heavy atom. The first-order valence-corrected chi connectivity index (χ1v) is 3.10. The van der Waals surface area contributed by atoms with Gasteiger partial charge in [0.05, 0.1) is 6.61 Å². The number of methoxy groups -OCH3 is 1. The van der Waals surface area contributed by atoms with E-state index in [1.54, 1.807) is 21.0 Å². The number of hydrogen-bond donors (Lipinski definition) is 0. The molecule has 0 rings (SSSR count). The summed E-state index contributed by atoms with van der Waals surface area (Å²) in [4.78, 5) is 9.61. The van der Waals surface area contributed by atoms with Crippen LogP contribution in [-0.2, 0) is 9.47 Å². The second kappa shape index (κ2) is 4.35. The number of nitrogens with zero attached hydrogens (tertiary/aromatic N) is 1. The molecule has 0 N–H and O–H groups in total. The first-order valence-electron chi connectivity index (χ1n) is 3.10. The SMILES string of the molecule is COC(C)(C)OCCN=O. The largest absolute Gasteiger partial charge is 0.354 e. The van der Waals surface area contributed by atoms with Crippen LogP contribution in [0.15, 0.2) is 5.18 Å². The fourth-order valence-electron chi connectivity index (χ4n) is 0.388. The Hall–Kier alpha value is -0.480. The Labute approximate surface area is 60.5 Å². The van der Waals surface area contributed by atoms with Crippen molar-refractivity contribution >= 4 is 0 Å². The molecular weight excluding hydrogens is 134 g/mol. The van der Waals surface area contributed by atoms with Crippen LogP contribution in [0.5, 0.6) is 0 Å². The molecule has 0 spiro atoms. The summed E-state index contributed by atoms with van der Waals surface area (Å²) in [5.74, 6) is -0.606. The molecule has 4 nitrogen and oxygen atoms in total. The number of hydrogen-bond acceptors (Lipinski definition) is 4. The Morgan fingerprint density at radius 1 is 1.50 bits per heavy atom. The van der Waals surface area contributed by atoms with Crippen molar-refractivity contribution in [3.8, 4) is 0 Å². The Bertz CT molecular complexity index is 103. The van der Waals surface area contributed by atoms with Crippen LogP contribution >= 0.6 is 0 Å². The van der Waals surface area contributed by atoms with Crippen molar-refractivity contribution in [3.63, 3.8) is 0 Å². The van der Waals surface area contributed by atoms with Gasteiger partial charge in [0.1, 0.15) is 6.54 Å². The van der Waals surface area contributed by atoms with Crippen LogP contribution < -0.4 is 0 Å². The first kappa shape index (κ1) is 9.52. The van der Waals surface area contributed by atoms with Crippen molar-refractivity contribution in [1.82, 2.24) is 0 Å². The topological polar surface area (TPSA) is 47.9 Å². The third-order valence-electron chi connectivity index (χ3n) is 1.12. The molecule has 0 aliphatic carbocycles. The monoisotopic (exact) mass is 147 g/mol. The van der Waals surface area contributed by atoms with Gasteiger partial charge < -0.3 is 9.47 Å². The lowest BCUT2D eigenvalue weighted by Crippen LogP contribution is -2.27. The van der Waals surface area contributed by atoms with E-state index in [0.717, 1.165) is 0 Å². The molecule has 0 saturated carbocycles. The van der Waals surface area contributed by atoms with Crippen LogP contribution in [0.2, 0.25) is 0 Å². The fraction of sp³-hybridized carbons (Fsp3) is 1.00. The van der Waals surface area contributed by atoms with Crippen molar-refractivity contribution in [2.24, 2.45) is 5.18 Å². The van der Waals surface area contributed by atoms with Gasteiger partial charge in [0, 0.05) is 7.11 Å². The summed E-state index contributed by atoms with van der Waals surface area (Å²) in [6.07, 6.45) is 0. The molecule has 4 heteroatoms. The Morgan fingerprint density at radius 3 is 2.50 bits per heavy atom. The average molecular weight is 147 g/mol. The molecule has 0 atom stereocenters. The minimum atomic E-state index is -0.606. The quantitative estimate of drug-likeness (QED) is 0.333. The molecule has 0 unspecified atom stereocenters. The number of ether oxygens (including phenoxy) is 2. The third-order valence-corrected chi connectivity index (χ3v) is 1.12. The summed E-state index contributed by atoms with van der Waals surface area (Å²) in [5, 5.41) is 2.64. The summed E-state index contributed by atoms with van der Waals surface area (Å²) in [6.45, 7) is 4.03. The summed E-state index contributed by atoms with van der Waals surface area (Å²) in [7, 11) is 1.55. The molecule has 0 aliphatic heterocycles. The van der Waals surface area contributed by atoms with Crippen molar-refractivity contribution in [2.45, 2.75) is 19.6 Å². The molecule has 0 aromatic rings. The normalized spacial score (nSPS) is 11.5. The maximum Gasteiger partial charge on any atom is 0.162 e. The van der Waals surface area contributed by atoms with Crippen LogP contribution in [0.3, 0.4) is 0 Å². The van der Waals surface area contributed by atoms with E-state index in [-0.39, 0.29) is 6.54 Å². The van der Waals surface area contributed by atoms with Crippen LogP contribution in [0.4, 0.5) is 0 Å². The minimum absolute atomic E-state index is 0.173. The smallest absolute Gasteiger partial charge is 0.162 e. The first-order chi connectivity index (χ1) is 4.62. The minimum Gasteiger partial charge on any atom is -0.354 e. The van der Waals surface area contributed by atoms with E-state index in [1.165, 1.54) is 0 Å². The lowest BCUT2D eigenvalue weighted by Gasteiger charge is -2.22. The fourth-order valence-corrected chi connectivity index (χ4v) is 0.388. The highest BCUT2D eigenvalue weighted by atomic mass is 16.7. The Balaban J connectivity index is 3.36. The average Bonchev–Trinajstić information content (AvgIpc) is 1.89. The van der Waals surface area contributed by atoms with Crippen molar-refractivity contribution in [3.05, 3.63) is 4.91 Å². The van der Waals surface area contributed by atoms with Gasteiger partial charge in [0.2, 0.25) is 0 Å². The highest BCUT2D eigenvalue weighted by molar-refractivity contribution is 4.52. The van der Waals surface area contributed by atoms with Gasteiger partial charge in [0.25, 0.3) is 0 Å². The van der Waals surface area contributed by atoms with Crippen LogP contribution in [0.25, 0.3) is 0 Å².